The van der Waals surface area contributed by atoms with Crippen molar-refractivity contribution >= 4 is 16.5 Å². The summed E-state index contributed by atoms with van der Waals surface area (Å²) in [5.41, 5.74) is 1.11. The molecule has 1 rings (SSSR count). The summed E-state index contributed by atoms with van der Waals surface area (Å²) in [5, 5.41) is 2.07. The number of hydrogen-bond acceptors (Lipinski definition) is 0. The second-order valence-electron chi connectivity index (χ2n) is 6.37. The fourth-order valence-corrected chi connectivity index (χ4v) is 8.76. The summed E-state index contributed by atoms with van der Waals surface area (Å²) in [7, 11) is 1.51. The quantitative estimate of drug-likeness (QED) is 0.524. The molecule has 0 N–H and O–H groups in total. The third-order valence-corrected chi connectivity index (χ3v) is 11.7. The van der Waals surface area contributed by atoms with Gasteiger partial charge in [-0.05, 0) is 17.5 Å². The van der Waals surface area contributed by atoms with Crippen LogP contribution in [-0.4, -0.2) is 17.5 Å². The highest BCUT2D eigenvalue weighted by molar-refractivity contribution is 7.85. The lowest BCUT2D eigenvalue weighted by Crippen LogP contribution is -2.38. The highest BCUT2D eigenvalue weighted by Gasteiger charge is 2.47. The Kier molecular flexibility index (Phi) is 3.18. The van der Waals surface area contributed by atoms with Gasteiger partial charge in [-0.1, -0.05) is 49.5 Å². The van der Waals surface area contributed by atoms with Gasteiger partial charge in [0.2, 0.25) is 0 Å². The van der Waals surface area contributed by atoms with Crippen LogP contribution in [0.1, 0.15) is 41.5 Å². The molecule has 0 saturated carbocycles. The Morgan fingerprint density at radius 2 is 1.15 bits per heavy atom. The maximum absolute atomic E-state index is 2.51. The molecule has 0 aliphatic carbocycles. The van der Waals surface area contributed by atoms with Crippen molar-refractivity contribution < 1.29 is 0 Å². The van der Waals surface area contributed by atoms with Crippen LogP contribution in [0.3, 0.4) is 0 Å². The van der Waals surface area contributed by atoms with Gasteiger partial charge in [-0.2, -0.15) is 0 Å². The predicted molar refractivity (Wildman–Crippen MR) is 67.6 cm³/mol. The zero-order valence-corrected chi connectivity index (χ0v) is 12.0. The van der Waals surface area contributed by atoms with E-state index in [1.807, 2.05) is 0 Å². The van der Waals surface area contributed by atoms with Crippen molar-refractivity contribution in [2.75, 3.05) is 6.66 Å². The molecule has 2 unspecified atom stereocenters. The smallest absolute Gasteiger partial charge is 0.00242 e. The summed E-state index contributed by atoms with van der Waals surface area (Å²) in [5.74, 6) is 0. The lowest BCUT2D eigenvalue weighted by Gasteiger charge is -2.55. The van der Waals surface area contributed by atoms with Crippen LogP contribution < -0.4 is 0 Å². The fourth-order valence-electron chi connectivity index (χ4n) is 2.17. The molecule has 0 aromatic carbocycles. The van der Waals surface area contributed by atoms with Crippen molar-refractivity contribution in [1.29, 1.82) is 0 Å². The Morgan fingerprint density at radius 1 is 0.846 bits per heavy atom. The van der Waals surface area contributed by atoms with Gasteiger partial charge in [0.05, 0.1) is 0 Å². The molecule has 78 valence electrons. The average molecular weight is 218 g/mol. The molecule has 4 atom stereocenters. The van der Waals surface area contributed by atoms with Gasteiger partial charge >= 0.3 is 0 Å². The van der Waals surface area contributed by atoms with Crippen LogP contribution >= 0.6 is 16.5 Å². The second-order valence-corrected chi connectivity index (χ2v) is 11.2. The molecular formula is C11H24P2. The largest absolute Gasteiger partial charge is 0.106 e. The number of hydrogen-bond donors (Lipinski definition) is 0. The van der Waals surface area contributed by atoms with Gasteiger partial charge in [-0.3, -0.25) is 0 Å². The zero-order chi connectivity index (χ0) is 10.4. The molecule has 1 heterocycles. The fraction of sp³-hybridized carbons (Fsp3) is 1.00. The summed E-state index contributed by atoms with van der Waals surface area (Å²) >= 11 is 0. The third-order valence-electron chi connectivity index (χ3n) is 2.77. The lowest BCUT2D eigenvalue weighted by atomic mass is 9.99. The maximum Gasteiger partial charge on any atom is 0.00242 e. The van der Waals surface area contributed by atoms with Crippen molar-refractivity contribution in [3.8, 4) is 0 Å². The molecule has 13 heavy (non-hydrogen) atoms. The minimum absolute atomic E-state index is 0.292. The van der Waals surface area contributed by atoms with E-state index < -0.39 is 0 Å². The molecule has 1 aliphatic heterocycles. The Hall–Kier alpha value is 0.860. The van der Waals surface area contributed by atoms with Gasteiger partial charge in [0, 0.05) is 10.8 Å². The van der Waals surface area contributed by atoms with E-state index in [0.29, 0.717) is 18.8 Å². The number of rotatable bonds is 0. The topological polar surface area (TPSA) is 0 Å². The standard InChI is InChI=1S/C11H24P2/c1-10(2,3)8-12-9(13(8)7)11(4,5)6/h8-9,12H,1-7H3/t8-,9+,13?. The maximum atomic E-state index is 2.51. The highest BCUT2D eigenvalue weighted by atomic mass is 31.2. The predicted octanol–water partition coefficient (Wildman–Crippen LogP) is 4.53. The van der Waals surface area contributed by atoms with Crippen molar-refractivity contribution in [3.63, 3.8) is 0 Å². The Bertz CT molecular complexity index is 165. The minimum atomic E-state index is 0.292. The van der Waals surface area contributed by atoms with E-state index in [2.05, 4.69) is 48.2 Å². The van der Waals surface area contributed by atoms with E-state index in [9.17, 15) is 0 Å². The van der Waals surface area contributed by atoms with Crippen molar-refractivity contribution in [3.05, 3.63) is 0 Å². The average Bonchev–Trinajstić information content (AvgIpc) is 1.77. The Labute approximate surface area is 86.8 Å². The first-order chi connectivity index (χ1) is 5.64. The van der Waals surface area contributed by atoms with Crippen LogP contribution in [0, 0.1) is 10.8 Å². The van der Waals surface area contributed by atoms with Crippen LogP contribution in [0.25, 0.3) is 0 Å². The van der Waals surface area contributed by atoms with E-state index in [1.165, 1.54) is 8.58 Å². The molecule has 0 radical (unpaired) electrons. The van der Waals surface area contributed by atoms with E-state index in [4.69, 9.17) is 0 Å². The zero-order valence-electron chi connectivity index (χ0n) is 10.1. The SMILES string of the molecule is CP1[C@H](C(C)(C)C)P[C@@H]1C(C)(C)C. The summed E-state index contributed by atoms with van der Waals surface area (Å²) < 4.78 is 0. The van der Waals surface area contributed by atoms with Gasteiger partial charge in [-0.25, -0.2) is 0 Å². The van der Waals surface area contributed by atoms with Crippen molar-refractivity contribution in [1.82, 2.24) is 0 Å². The molecule has 0 aromatic rings. The van der Waals surface area contributed by atoms with Crippen LogP contribution in [0.2, 0.25) is 0 Å². The van der Waals surface area contributed by atoms with E-state index in [0.717, 1.165) is 10.8 Å². The van der Waals surface area contributed by atoms with Gasteiger partial charge in [0.25, 0.3) is 0 Å². The summed E-state index contributed by atoms with van der Waals surface area (Å²) in [6, 6.07) is 0. The molecule has 0 aromatic heterocycles. The van der Waals surface area contributed by atoms with E-state index in [-0.39, 0.29) is 0 Å². The molecule has 0 spiro atoms. The first-order valence-electron chi connectivity index (χ1n) is 5.12. The normalized spacial score (nSPS) is 37.6. The molecular weight excluding hydrogens is 194 g/mol. The molecule has 2 heteroatoms. The van der Waals surface area contributed by atoms with Gasteiger partial charge < -0.3 is 0 Å². The van der Waals surface area contributed by atoms with Gasteiger partial charge in [0.15, 0.2) is 0 Å². The van der Waals surface area contributed by atoms with E-state index >= 15 is 0 Å². The summed E-state index contributed by atoms with van der Waals surface area (Å²) in [6.45, 7) is 16.9. The van der Waals surface area contributed by atoms with E-state index in [1.54, 1.807) is 0 Å². The van der Waals surface area contributed by atoms with Gasteiger partial charge in [0.1, 0.15) is 0 Å². The summed E-state index contributed by atoms with van der Waals surface area (Å²) in [6.07, 6.45) is 0. The summed E-state index contributed by atoms with van der Waals surface area (Å²) in [4.78, 5) is 0. The van der Waals surface area contributed by atoms with Gasteiger partial charge in [-0.15, -0.1) is 8.58 Å². The van der Waals surface area contributed by atoms with Crippen LogP contribution in [0.5, 0.6) is 0 Å². The first kappa shape index (κ1) is 11.9. The highest BCUT2D eigenvalue weighted by Crippen LogP contribution is 2.76. The molecule has 0 amide bonds. The molecule has 0 bridgehead atoms. The van der Waals surface area contributed by atoms with Crippen molar-refractivity contribution in [2.24, 2.45) is 10.8 Å². The lowest BCUT2D eigenvalue weighted by molar-refractivity contribution is 0.410. The van der Waals surface area contributed by atoms with Crippen LogP contribution in [0.15, 0.2) is 0 Å². The monoisotopic (exact) mass is 218 g/mol. The van der Waals surface area contributed by atoms with Crippen LogP contribution in [-0.2, 0) is 0 Å². The Balaban J connectivity index is 2.58. The Morgan fingerprint density at radius 3 is 1.31 bits per heavy atom. The molecule has 1 aliphatic rings. The van der Waals surface area contributed by atoms with Crippen molar-refractivity contribution in [2.45, 2.75) is 52.3 Å². The van der Waals surface area contributed by atoms with Crippen LogP contribution in [0.4, 0.5) is 0 Å². The first-order valence-corrected chi connectivity index (χ1v) is 8.20. The second kappa shape index (κ2) is 3.46. The molecule has 1 saturated heterocycles. The molecule has 1 fully saturated rings. The minimum Gasteiger partial charge on any atom is -0.106 e. The third kappa shape index (κ3) is 2.45. The molecule has 0 nitrogen and oxygen atoms in total.